The third-order valence-corrected chi connectivity index (χ3v) is 2.76. The monoisotopic (exact) mass is 211 g/mol. The van der Waals surface area contributed by atoms with Gasteiger partial charge in [0.2, 0.25) is 0 Å². The second-order valence-corrected chi connectivity index (χ2v) is 4.37. The van der Waals surface area contributed by atoms with Crippen LogP contribution in [-0.2, 0) is 4.79 Å². The lowest BCUT2D eigenvalue weighted by atomic mass is 10.0. The van der Waals surface area contributed by atoms with Crippen LogP contribution in [0.15, 0.2) is 0 Å². The predicted molar refractivity (Wildman–Crippen MR) is 66.8 cm³/mol. The van der Waals surface area contributed by atoms with E-state index in [2.05, 4.69) is 13.8 Å². The van der Waals surface area contributed by atoms with Crippen molar-refractivity contribution in [1.29, 1.82) is 0 Å². The van der Waals surface area contributed by atoms with Crippen molar-refractivity contribution in [3.05, 3.63) is 6.92 Å². The minimum Gasteiger partial charge on any atom is -0.300 e. The van der Waals surface area contributed by atoms with Crippen LogP contribution in [0.2, 0.25) is 0 Å². The number of carbonyl (C=O) groups excluding carboxylic acids is 1. The predicted octanol–water partition coefficient (Wildman–Crippen LogP) is 4.70. The molecule has 0 bridgehead atoms. The number of unbranched alkanes of at least 4 members (excludes halogenated alkanes) is 7. The van der Waals surface area contributed by atoms with Crippen LogP contribution in [-0.4, -0.2) is 5.78 Å². The SMILES string of the molecule is [CH2]CCC(=O)CCCCCCCCCC. The topological polar surface area (TPSA) is 17.1 Å². The van der Waals surface area contributed by atoms with E-state index in [1.165, 1.54) is 44.9 Å². The van der Waals surface area contributed by atoms with E-state index in [1.807, 2.05) is 0 Å². The maximum atomic E-state index is 11.2. The van der Waals surface area contributed by atoms with Crippen LogP contribution >= 0.6 is 0 Å². The molecule has 1 nitrogen and oxygen atoms in total. The summed E-state index contributed by atoms with van der Waals surface area (Å²) < 4.78 is 0. The molecule has 0 aromatic rings. The van der Waals surface area contributed by atoms with E-state index < -0.39 is 0 Å². The standard InChI is InChI=1S/C14H27O/c1-3-5-6-7-8-9-10-11-13-14(15)12-4-2/h2-13H2,1H3. The minimum absolute atomic E-state index is 0.399. The van der Waals surface area contributed by atoms with Crippen LogP contribution in [0.4, 0.5) is 0 Å². The lowest BCUT2D eigenvalue weighted by Gasteiger charge is -2.01. The first-order chi connectivity index (χ1) is 7.31. The van der Waals surface area contributed by atoms with E-state index in [1.54, 1.807) is 0 Å². The Kier molecular flexibility index (Phi) is 11.5. The average molecular weight is 211 g/mol. The van der Waals surface area contributed by atoms with Gasteiger partial charge in [-0.05, 0) is 12.8 Å². The summed E-state index contributed by atoms with van der Waals surface area (Å²) in [5.41, 5.74) is 0. The van der Waals surface area contributed by atoms with Crippen molar-refractivity contribution in [3.8, 4) is 0 Å². The van der Waals surface area contributed by atoms with Crippen LogP contribution in [0.1, 0.15) is 77.6 Å². The molecule has 0 rings (SSSR count). The molecule has 0 spiro atoms. The van der Waals surface area contributed by atoms with Gasteiger partial charge in [0.05, 0.1) is 0 Å². The van der Waals surface area contributed by atoms with Gasteiger partial charge in [-0.1, -0.05) is 58.8 Å². The van der Waals surface area contributed by atoms with Crippen LogP contribution in [0.3, 0.4) is 0 Å². The number of carbonyl (C=O) groups is 1. The molecule has 0 aliphatic carbocycles. The molecule has 0 atom stereocenters. The van der Waals surface area contributed by atoms with Crippen molar-refractivity contribution in [2.75, 3.05) is 0 Å². The van der Waals surface area contributed by atoms with Gasteiger partial charge >= 0.3 is 0 Å². The number of rotatable bonds is 11. The number of hydrogen-bond donors (Lipinski definition) is 0. The van der Waals surface area contributed by atoms with Gasteiger partial charge in [0.1, 0.15) is 5.78 Å². The van der Waals surface area contributed by atoms with Crippen molar-refractivity contribution < 1.29 is 4.79 Å². The average Bonchev–Trinajstić information content (AvgIpc) is 2.22. The summed E-state index contributed by atoms with van der Waals surface area (Å²) in [7, 11) is 0. The Labute approximate surface area is 95.6 Å². The first-order valence-electron chi connectivity index (χ1n) is 6.62. The molecule has 0 fully saturated rings. The zero-order chi connectivity index (χ0) is 11.4. The second-order valence-electron chi connectivity index (χ2n) is 4.37. The maximum Gasteiger partial charge on any atom is 0.132 e. The third kappa shape index (κ3) is 11.6. The molecule has 0 aliphatic rings. The van der Waals surface area contributed by atoms with Crippen molar-refractivity contribution in [1.82, 2.24) is 0 Å². The largest absolute Gasteiger partial charge is 0.300 e. The molecule has 0 aromatic carbocycles. The highest BCUT2D eigenvalue weighted by atomic mass is 16.1. The molecule has 0 amide bonds. The quantitative estimate of drug-likeness (QED) is 0.453. The molecule has 0 N–H and O–H groups in total. The Morgan fingerprint density at radius 2 is 1.40 bits per heavy atom. The van der Waals surface area contributed by atoms with E-state index in [9.17, 15) is 4.79 Å². The molecular weight excluding hydrogens is 184 g/mol. The highest BCUT2D eigenvalue weighted by molar-refractivity contribution is 5.78. The van der Waals surface area contributed by atoms with Crippen LogP contribution < -0.4 is 0 Å². The Hall–Kier alpha value is -0.330. The summed E-state index contributed by atoms with van der Waals surface area (Å²) in [5.74, 6) is 0.399. The highest BCUT2D eigenvalue weighted by Crippen LogP contribution is 2.10. The molecule has 1 heteroatoms. The number of ketones is 1. The lowest BCUT2D eigenvalue weighted by molar-refractivity contribution is -0.119. The fraction of sp³-hybridized carbons (Fsp3) is 0.857. The molecule has 0 aromatic heterocycles. The van der Waals surface area contributed by atoms with Gasteiger partial charge < -0.3 is 0 Å². The van der Waals surface area contributed by atoms with E-state index in [0.29, 0.717) is 12.2 Å². The Balaban J connectivity index is 3.01. The summed E-state index contributed by atoms with van der Waals surface area (Å²) in [5, 5.41) is 0. The number of Topliss-reactive ketones (excluding diaryl/α,β-unsaturated/α-hetero) is 1. The smallest absolute Gasteiger partial charge is 0.132 e. The highest BCUT2D eigenvalue weighted by Gasteiger charge is 1.99. The zero-order valence-electron chi connectivity index (χ0n) is 10.4. The van der Waals surface area contributed by atoms with Crippen molar-refractivity contribution in [2.45, 2.75) is 77.6 Å². The second kappa shape index (κ2) is 11.7. The van der Waals surface area contributed by atoms with Gasteiger partial charge in [-0.25, -0.2) is 0 Å². The molecule has 1 radical (unpaired) electrons. The van der Waals surface area contributed by atoms with Gasteiger partial charge in [0, 0.05) is 12.8 Å². The summed E-state index contributed by atoms with van der Waals surface area (Å²) in [6, 6.07) is 0. The van der Waals surface area contributed by atoms with Crippen molar-refractivity contribution in [3.63, 3.8) is 0 Å². The third-order valence-electron chi connectivity index (χ3n) is 2.76. The van der Waals surface area contributed by atoms with Gasteiger partial charge in [0.25, 0.3) is 0 Å². The molecule has 0 saturated carbocycles. The fourth-order valence-electron chi connectivity index (χ4n) is 1.78. The van der Waals surface area contributed by atoms with Gasteiger partial charge in [0.15, 0.2) is 0 Å². The minimum atomic E-state index is 0.399. The summed E-state index contributed by atoms with van der Waals surface area (Å²) >= 11 is 0. The van der Waals surface area contributed by atoms with E-state index in [4.69, 9.17) is 0 Å². The first-order valence-corrected chi connectivity index (χ1v) is 6.62. The summed E-state index contributed by atoms with van der Waals surface area (Å²) in [6.07, 6.45) is 12.7. The van der Waals surface area contributed by atoms with E-state index in [-0.39, 0.29) is 0 Å². The molecule has 0 aliphatic heterocycles. The van der Waals surface area contributed by atoms with Crippen LogP contribution in [0, 0.1) is 6.92 Å². The number of hydrogen-bond acceptors (Lipinski definition) is 1. The summed E-state index contributed by atoms with van der Waals surface area (Å²) in [6.45, 7) is 5.94. The van der Waals surface area contributed by atoms with Crippen molar-refractivity contribution >= 4 is 5.78 Å². The molecule has 15 heavy (non-hydrogen) atoms. The van der Waals surface area contributed by atoms with E-state index >= 15 is 0 Å². The Morgan fingerprint density at radius 3 is 1.93 bits per heavy atom. The zero-order valence-corrected chi connectivity index (χ0v) is 10.4. The molecule has 0 saturated heterocycles. The van der Waals surface area contributed by atoms with Gasteiger partial charge in [-0.2, -0.15) is 0 Å². The molecule has 89 valence electrons. The summed E-state index contributed by atoms with van der Waals surface area (Å²) in [4.78, 5) is 11.2. The van der Waals surface area contributed by atoms with Gasteiger partial charge in [-0.3, -0.25) is 4.79 Å². The normalized spacial score (nSPS) is 10.5. The molecule has 0 unspecified atom stereocenters. The first kappa shape index (κ1) is 14.7. The molecule has 0 heterocycles. The Bertz CT molecular complexity index is 140. The Morgan fingerprint density at radius 1 is 0.867 bits per heavy atom. The lowest BCUT2D eigenvalue weighted by Crippen LogP contribution is -1.96. The fourth-order valence-corrected chi connectivity index (χ4v) is 1.78. The van der Waals surface area contributed by atoms with Crippen LogP contribution in [0.25, 0.3) is 0 Å². The van der Waals surface area contributed by atoms with Crippen molar-refractivity contribution in [2.24, 2.45) is 0 Å². The van der Waals surface area contributed by atoms with Gasteiger partial charge in [-0.15, -0.1) is 0 Å². The maximum absolute atomic E-state index is 11.2. The molecular formula is C14H27O. The van der Waals surface area contributed by atoms with Crippen LogP contribution in [0.5, 0.6) is 0 Å². The van der Waals surface area contributed by atoms with E-state index in [0.717, 1.165) is 19.3 Å².